The fraction of sp³-hybridized carbons (Fsp3) is 0.448. The number of likely N-dealkylation sites (tertiary alicyclic amines) is 1. The highest BCUT2D eigenvalue weighted by Gasteiger charge is 2.40. The molecule has 8 heteroatoms. The molecule has 0 bridgehead atoms. The second-order valence-corrected chi connectivity index (χ2v) is 10.8. The molecule has 2 aromatic carbocycles. The average molecular weight is 505 g/mol. The van der Waals surface area contributed by atoms with Gasteiger partial charge in [0.15, 0.2) is 0 Å². The molecule has 6 rings (SSSR count). The van der Waals surface area contributed by atoms with Gasteiger partial charge in [0.2, 0.25) is 0 Å². The van der Waals surface area contributed by atoms with E-state index < -0.39 is 0 Å². The Morgan fingerprint density at radius 1 is 1.08 bits per heavy atom. The quantitative estimate of drug-likeness (QED) is 0.443. The van der Waals surface area contributed by atoms with E-state index in [2.05, 4.69) is 22.8 Å². The van der Waals surface area contributed by atoms with Crippen LogP contribution in [0.5, 0.6) is 11.5 Å². The summed E-state index contributed by atoms with van der Waals surface area (Å²) in [6.45, 7) is 4.36. The number of nitrogens with zero attached hydrogens (tertiary/aromatic N) is 4. The minimum absolute atomic E-state index is 0.00749. The van der Waals surface area contributed by atoms with E-state index in [1.165, 1.54) is 32.3 Å². The lowest BCUT2D eigenvalue weighted by Crippen LogP contribution is -2.42. The third-order valence-electron chi connectivity index (χ3n) is 8.35. The van der Waals surface area contributed by atoms with Gasteiger partial charge >= 0.3 is 6.09 Å². The Kier molecular flexibility index (Phi) is 6.15. The molecule has 1 aliphatic carbocycles. The summed E-state index contributed by atoms with van der Waals surface area (Å²) in [5, 5.41) is 4.77. The molecule has 0 N–H and O–H groups in total. The highest BCUT2D eigenvalue weighted by atomic mass is 19.1. The predicted molar refractivity (Wildman–Crippen MR) is 140 cm³/mol. The van der Waals surface area contributed by atoms with Crippen molar-refractivity contribution in [1.82, 2.24) is 14.7 Å². The van der Waals surface area contributed by atoms with E-state index in [9.17, 15) is 9.18 Å². The number of carbonyl (C=O) groups excluding carboxylic acids is 1. The maximum Gasteiger partial charge on any atom is 0.414 e. The van der Waals surface area contributed by atoms with E-state index in [1.54, 1.807) is 17.0 Å². The Labute approximate surface area is 216 Å². The van der Waals surface area contributed by atoms with Crippen molar-refractivity contribution in [1.29, 1.82) is 0 Å². The highest BCUT2D eigenvalue weighted by Crippen LogP contribution is 2.46. The summed E-state index contributed by atoms with van der Waals surface area (Å²) in [5.41, 5.74) is 3.60. The normalized spacial score (nSPS) is 25.1. The van der Waals surface area contributed by atoms with Gasteiger partial charge in [0.05, 0.1) is 25.0 Å². The van der Waals surface area contributed by atoms with Crippen LogP contribution in [0.15, 0.2) is 48.8 Å². The van der Waals surface area contributed by atoms with Gasteiger partial charge in [-0.2, -0.15) is 5.10 Å². The van der Waals surface area contributed by atoms with Gasteiger partial charge in [-0.15, -0.1) is 0 Å². The van der Waals surface area contributed by atoms with Crippen molar-refractivity contribution in [3.05, 3.63) is 60.2 Å². The van der Waals surface area contributed by atoms with Crippen LogP contribution < -0.4 is 9.64 Å². The monoisotopic (exact) mass is 504 g/mol. The lowest BCUT2D eigenvalue weighted by molar-refractivity contribution is 0.175. The van der Waals surface area contributed by atoms with Crippen molar-refractivity contribution >= 4 is 11.8 Å². The molecule has 1 amide bonds. The summed E-state index contributed by atoms with van der Waals surface area (Å²) < 4.78 is 27.2. The summed E-state index contributed by atoms with van der Waals surface area (Å²) >= 11 is 0. The lowest BCUT2D eigenvalue weighted by atomic mass is 9.92. The first-order chi connectivity index (χ1) is 17.9. The van der Waals surface area contributed by atoms with Crippen molar-refractivity contribution in [3.8, 4) is 22.6 Å². The molecule has 2 aliphatic heterocycles. The van der Waals surface area contributed by atoms with E-state index in [0.717, 1.165) is 59.9 Å². The smallest absolute Gasteiger partial charge is 0.414 e. The van der Waals surface area contributed by atoms with Gasteiger partial charge in [0.25, 0.3) is 0 Å². The number of rotatable bonds is 4. The van der Waals surface area contributed by atoms with Crippen LogP contribution in [0, 0.1) is 17.7 Å². The number of ether oxygens (including phenoxy) is 2. The van der Waals surface area contributed by atoms with Crippen molar-refractivity contribution in [3.63, 3.8) is 0 Å². The SMILES string of the molecule is COC(=O)N1c2ccc(-c3cnn(C4CC5CN(C)CC5C4)c3)c(Oc3ccc(F)cc3)c2CC[C@@H]1C. The molecule has 1 saturated heterocycles. The summed E-state index contributed by atoms with van der Waals surface area (Å²) in [6.07, 6.45) is 7.49. The maximum absolute atomic E-state index is 13.6. The Bertz CT molecular complexity index is 1290. The number of methoxy groups -OCH3 is 1. The van der Waals surface area contributed by atoms with Crippen molar-refractivity contribution in [2.24, 2.45) is 11.8 Å². The third kappa shape index (κ3) is 4.37. The number of carbonyl (C=O) groups is 1. The van der Waals surface area contributed by atoms with Gasteiger partial charge in [-0.25, -0.2) is 9.18 Å². The molecule has 3 aromatic rings. The highest BCUT2D eigenvalue weighted by molar-refractivity contribution is 5.92. The topological polar surface area (TPSA) is 59.8 Å². The molecule has 2 unspecified atom stereocenters. The van der Waals surface area contributed by atoms with Crippen LogP contribution in [0.2, 0.25) is 0 Å². The number of benzene rings is 2. The fourth-order valence-electron chi connectivity index (χ4n) is 6.54. The number of amides is 1. The summed E-state index contributed by atoms with van der Waals surface area (Å²) in [6, 6.07) is 10.4. The molecule has 7 nitrogen and oxygen atoms in total. The first kappa shape index (κ1) is 24.0. The number of anilines is 1. The van der Waals surface area contributed by atoms with E-state index in [-0.39, 0.29) is 18.0 Å². The minimum Gasteiger partial charge on any atom is -0.456 e. The maximum atomic E-state index is 13.6. The first-order valence-corrected chi connectivity index (χ1v) is 13.1. The zero-order chi connectivity index (χ0) is 25.7. The molecule has 0 spiro atoms. The van der Waals surface area contributed by atoms with Crippen molar-refractivity contribution < 1.29 is 18.7 Å². The Balaban J connectivity index is 1.38. The molecule has 0 radical (unpaired) electrons. The molecule has 37 heavy (non-hydrogen) atoms. The molecule has 194 valence electrons. The van der Waals surface area contributed by atoms with Gasteiger partial charge in [0, 0.05) is 42.0 Å². The largest absolute Gasteiger partial charge is 0.456 e. The van der Waals surface area contributed by atoms with Crippen LogP contribution >= 0.6 is 0 Å². The minimum atomic E-state index is -0.390. The molecule has 2 fully saturated rings. The standard InChI is InChI=1S/C29H33FN4O3/c1-18-4-9-26-27(34(18)29(35)36-3)11-10-25(28(26)37-24-7-5-22(30)6-8-24)21-14-31-33(17-21)23-12-19-15-32(2)16-20(19)13-23/h5-8,10-11,14,17-20,23H,4,9,12-13,15-16H2,1-3H3/t18-,19?,20?,23?/m0/s1. The molecule has 3 atom stereocenters. The number of hydrogen-bond donors (Lipinski definition) is 0. The number of hydrogen-bond acceptors (Lipinski definition) is 5. The van der Waals surface area contributed by atoms with Crippen LogP contribution in [0.25, 0.3) is 11.1 Å². The fourth-order valence-corrected chi connectivity index (χ4v) is 6.54. The van der Waals surface area contributed by atoms with Gasteiger partial charge in [-0.3, -0.25) is 9.58 Å². The second kappa shape index (κ2) is 9.49. The molecule has 1 saturated carbocycles. The number of aromatic nitrogens is 2. The summed E-state index contributed by atoms with van der Waals surface area (Å²) in [7, 11) is 3.61. The average Bonchev–Trinajstić information content (AvgIpc) is 3.60. The molecular formula is C29H33FN4O3. The van der Waals surface area contributed by atoms with Crippen LogP contribution in [0.1, 0.15) is 37.8 Å². The van der Waals surface area contributed by atoms with Gasteiger partial charge in [-0.1, -0.05) is 0 Å². The predicted octanol–water partition coefficient (Wildman–Crippen LogP) is 5.90. The van der Waals surface area contributed by atoms with Crippen LogP contribution in [0.3, 0.4) is 0 Å². The lowest BCUT2D eigenvalue weighted by Gasteiger charge is -2.35. The van der Waals surface area contributed by atoms with E-state index in [1.807, 2.05) is 25.3 Å². The van der Waals surface area contributed by atoms with E-state index >= 15 is 0 Å². The van der Waals surface area contributed by atoms with Crippen LogP contribution in [-0.4, -0.2) is 54.1 Å². The van der Waals surface area contributed by atoms with Gasteiger partial charge in [-0.05, 0) is 87.9 Å². The Morgan fingerprint density at radius 3 is 2.51 bits per heavy atom. The van der Waals surface area contributed by atoms with Gasteiger partial charge in [0.1, 0.15) is 17.3 Å². The Hall–Kier alpha value is -3.39. The first-order valence-electron chi connectivity index (χ1n) is 13.1. The number of fused-ring (bicyclic) bond motifs is 2. The van der Waals surface area contributed by atoms with Crippen LogP contribution in [0.4, 0.5) is 14.9 Å². The molecule has 3 heterocycles. The van der Waals surface area contributed by atoms with E-state index in [4.69, 9.17) is 14.6 Å². The third-order valence-corrected chi connectivity index (χ3v) is 8.35. The van der Waals surface area contributed by atoms with Crippen LogP contribution in [-0.2, 0) is 11.2 Å². The zero-order valence-corrected chi connectivity index (χ0v) is 21.6. The van der Waals surface area contributed by atoms with Gasteiger partial charge < -0.3 is 14.4 Å². The molecular weight excluding hydrogens is 471 g/mol. The van der Waals surface area contributed by atoms with Crippen molar-refractivity contribution in [2.75, 3.05) is 32.1 Å². The summed E-state index contributed by atoms with van der Waals surface area (Å²) in [4.78, 5) is 16.8. The second-order valence-electron chi connectivity index (χ2n) is 10.8. The molecule has 3 aliphatic rings. The summed E-state index contributed by atoms with van der Waals surface area (Å²) in [5.74, 6) is 2.39. The number of halogens is 1. The Morgan fingerprint density at radius 2 is 1.81 bits per heavy atom. The van der Waals surface area contributed by atoms with E-state index in [0.29, 0.717) is 17.5 Å². The van der Waals surface area contributed by atoms with Crippen molar-refractivity contribution in [2.45, 2.75) is 44.7 Å². The zero-order valence-electron chi connectivity index (χ0n) is 21.6. The molecule has 1 aromatic heterocycles.